The molecule has 0 unspecified atom stereocenters. The smallest absolute Gasteiger partial charge is 0.182 e. The summed E-state index contributed by atoms with van der Waals surface area (Å²) in [4.78, 5) is 0.270. The van der Waals surface area contributed by atoms with Gasteiger partial charge in [0.1, 0.15) is 12.4 Å². The molecule has 0 aliphatic heterocycles. The van der Waals surface area contributed by atoms with Crippen LogP contribution in [0.4, 0.5) is 0 Å². The highest BCUT2D eigenvalue weighted by Crippen LogP contribution is 2.20. The van der Waals surface area contributed by atoms with Crippen molar-refractivity contribution in [1.82, 2.24) is 0 Å². The van der Waals surface area contributed by atoms with Crippen LogP contribution in [-0.4, -0.2) is 8.42 Å². The first-order valence-corrected chi connectivity index (χ1v) is 9.71. The van der Waals surface area contributed by atoms with Crippen LogP contribution < -0.4 is 4.74 Å². The minimum atomic E-state index is -3.39. The van der Waals surface area contributed by atoms with Crippen LogP contribution in [0.1, 0.15) is 16.7 Å². The van der Waals surface area contributed by atoms with Crippen molar-refractivity contribution in [3.05, 3.63) is 95.6 Å². The Morgan fingerprint density at radius 3 is 2.08 bits per heavy atom. The SMILES string of the molecule is N#Cc1ccc(COc2ccc(S(=O)(=O)Cc3ccccc3)cc2)cc1. The number of hydrogen-bond donors (Lipinski definition) is 0. The molecule has 0 bridgehead atoms. The summed E-state index contributed by atoms with van der Waals surface area (Å²) in [5.74, 6) is 0.562. The average Bonchev–Trinajstić information content (AvgIpc) is 2.67. The monoisotopic (exact) mass is 363 g/mol. The molecule has 26 heavy (non-hydrogen) atoms. The Morgan fingerprint density at radius 1 is 0.808 bits per heavy atom. The van der Waals surface area contributed by atoms with Crippen molar-refractivity contribution in [3.8, 4) is 11.8 Å². The van der Waals surface area contributed by atoms with Gasteiger partial charge in [-0.3, -0.25) is 0 Å². The van der Waals surface area contributed by atoms with Crippen LogP contribution in [0, 0.1) is 11.3 Å². The molecule has 4 nitrogen and oxygen atoms in total. The van der Waals surface area contributed by atoms with Crippen LogP contribution >= 0.6 is 0 Å². The normalized spacial score (nSPS) is 10.9. The van der Waals surface area contributed by atoms with E-state index in [-0.39, 0.29) is 10.6 Å². The van der Waals surface area contributed by atoms with E-state index in [4.69, 9.17) is 10.00 Å². The molecular formula is C21H17NO3S. The first-order chi connectivity index (χ1) is 12.6. The zero-order valence-electron chi connectivity index (χ0n) is 14.0. The fourth-order valence-electron chi connectivity index (χ4n) is 2.46. The topological polar surface area (TPSA) is 67.2 Å². The largest absolute Gasteiger partial charge is 0.489 e. The second-order valence-corrected chi connectivity index (χ2v) is 7.80. The van der Waals surface area contributed by atoms with Crippen molar-refractivity contribution in [2.75, 3.05) is 0 Å². The van der Waals surface area contributed by atoms with Crippen LogP contribution in [0.2, 0.25) is 0 Å². The lowest BCUT2D eigenvalue weighted by atomic mass is 10.2. The van der Waals surface area contributed by atoms with Gasteiger partial charge in [0.2, 0.25) is 0 Å². The fraction of sp³-hybridized carbons (Fsp3) is 0.0952. The lowest BCUT2D eigenvalue weighted by Gasteiger charge is -2.08. The van der Waals surface area contributed by atoms with Crippen molar-refractivity contribution in [2.45, 2.75) is 17.3 Å². The summed E-state index contributed by atoms with van der Waals surface area (Å²) in [5, 5.41) is 8.79. The highest BCUT2D eigenvalue weighted by molar-refractivity contribution is 7.90. The highest BCUT2D eigenvalue weighted by atomic mass is 32.2. The van der Waals surface area contributed by atoms with Gasteiger partial charge in [-0.25, -0.2) is 8.42 Å². The Hall–Kier alpha value is -3.10. The Labute approximate surface area is 153 Å². The van der Waals surface area contributed by atoms with E-state index in [2.05, 4.69) is 6.07 Å². The van der Waals surface area contributed by atoms with E-state index < -0.39 is 9.84 Å². The second-order valence-electron chi connectivity index (χ2n) is 5.81. The lowest BCUT2D eigenvalue weighted by molar-refractivity contribution is 0.306. The van der Waals surface area contributed by atoms with Crippen LogP contribution in [0.3, 0.4) is 0 Å². The molecule has 3 rings (SSSR count). The van der Waals surface area contributed by atoms with Crippen LogP contribution in [0.25, 0.3) is 0 Å². The van der Waals surface area contributed by atoms with Gasteiger partial charge in [0.25, 0.3) is 0 Å². The molecule has 0 heterocycles. The number of nitriles is 1. The molecule has 0 amide bonds. The summed E-state index contributed by atoms with van der Waals surface area (Å²) >= 11 is 0. The van der Waals surface area contributed by atoms with Crippen molar-refractivity contribution < 1.29 is 13.2 Å². The third-order valence-corrected chi connectivity index (χ3v) is 5.57. The summed E-state index contributed by atoms with van der Waals surface area (Å²) in [6.07, 6.45) is 0. The maximum atomic E-state index is 12.5. The van der Waals surface area contributed by atoms with Gasteiger partial charge in [-0.05, 0) is 47.5 Å². The Kier molecular flexibility index (Phi) is 5.35. The maximum absolute atomic E-state index is 12.5. The van der Waals surface area contributed by atoms with E-state index in [0.717, 1.165) is 11.1 Å². The lowest BCUT2D eigenvalue weighted by Crippen LogP contribution is -2.05. The molecule has 0 spiro atoms. The number of rotatable bonds is 6. The van der Waals surface area contributed by atoms with Crippen molar-refractivity contribution >= 4 is 9.84 Å². The maximum Gasteiger partial charge on any atom is 0.182 e. The van der Waals surface area contributed by atoms with Gasteiger partial charge in [-0.15, -0.1) is 0 Å². The van der Waals surface area contributed by atoms with E-state index in [9.17, 15) is 8.42 Å². The number of sulfone groups is 1. The molecule has 0 saturated carbocycles. The molecule has 0 radical (unpaired) electrons. The zero-order chi connectivity index (χ0) is 18.4. The summed E-state index contributed by atoms with van der Waals surface area (Å²) in [6.45, 7) is 0.349. The zero-order valence-corrected chi connectivity index (χ0v) is 14.8. The summed E-state index contributed by atoms with van der Waals surface area (Å²) < 4.78 is 30.6. The van der Waals surface area contributed by atoms with Gasteiger partial charge in [0.05, 0.1) is 22.3 Å². The molecule has 0 fully saturated rings. The van der Waals surface area contributed by atoms with Crippen molar-refractivity contribution in [1.29, 1.82) is 5.26 Å². The van der Waals surface area contributed by atoms with Gasteiger partial charge >= 0.3 is 0 Å². The summed E-state index contributed by atoms with van der Waals surface area (Å²) in [6, 6.07) is 24.7. The molecule has 0 saturated heterocycles. The summed E-state index contributed by atoms with van der Waals surface area (Å²) in [7, 11) is -3.39. The molecular weight excluding hydrogens is 346 g/mol. The molecule has 0 N–H and O–H groups in total. The Morgan fingerprint density at radius 2 is 1.46 bits per heavy atom. The molecule has 130 valence electrons. The number of nitrogens with zero attached hydrogens (tertiary/aromatic N) is 1. The third kappa shape index (κ3) is 4.50. The van der Waals surface area contributed by atoms with Gasteiger partial charge in [-0.1, -0.05) is 42.5 Å². The van der Waals surface area contributed by atoms with E-state index in [1.165, 1.54) is 0 Å². The van der Waals surface area contributed by atoms with Gasteiger partial charge in [0.15, 0.2) is 9.84 Å². The number of benzene rings is 3. The summed E-state index contributed by atoms with van der Waals surface area (Å²) in [5.41, 5.74) is 2.29. The van der Waals surface area contributed by atoms with Crippen molar-refractivity contribution in [3.63, 3.8) is 0 Å². The minimum Gasteiger partial charge on any atom is -0.489 e. The van der Waals surface area contributed by atoms with Crippen LogP contribution in [0.15, 0.2) is 83.8 Å². The second kappa shape index (κ2) is 7.85. The van der Waals surface area contributed by atoms with Gasteiger partial charge in [0, 0.05) is 0 Å². The predicted octanol–water partition coefficient (Wildman–Crippen LogP) is 4.11. The Balaban J connectivity index is 1.65. The fourth-order valence-corrected chi connectivity index (χ4v) is 3.81. The molecule has 0 aliphatic carbocycles. The molecule has 0 aliphatic rings. The number of ether oxygens (including phenoxy) is 1. The predicted molar refractivity (Wildman–Crippen MR) is 99.3 cm³/mol. The van der Waals surface area contributed by atoms with E-state index in [1.54, 1.807) is 48.5 Å². The molecule has 5 heteroatoms. The Bertz CT molecular complexity index is 1000. The standard InChI is InChI=1S/C21H17NO3S/c22-14-17-6-8-18(9-7-17)15-25-20-10-12-21(13-11-20)26(23,24)16-19-4-2-1-3-5-19/h1-13H,15-16H2. The molecule has 3 aromatic carbocycles. The molecule has 0 atom stereocenters. The third-order valence-electron chi connectivity index (χ3n) is 3.87. The first kappa shape index (κ1) is 17.7. The van der Waals surface area contributed by atoms with Gasteiger partial charge in [-0.2, -0.15) is 5.26 Å². The van der Waals surface area contributed by atoms with E-state index in [1.807, 2.05) is 30.3 Å². The van der Waals surface area contributed by atoms with Crippen LogP contribution in [-0.2, 0) is 22.2 Å². The quantitative estimate of drug-likeness (QED) is 0.661. The average molecular weight is 363 g/mol. The molecule has 0 aromatic heterocycles. The minimum absolute atomic E-state index is 0.0285. The van der Waals surface area contributed by atoms with E-state index in [0.29, 0.717) is 17.9 Å². The highest BCUT2D eigenvalue weighted by Gasteiger charge is 2.15. The number of hydrogen-bond acceptors (Lipinski definition) is 4. The van der Waals surface area contributed by atoms with Crippen molar-refractivity contribution in [2.24, 2.45) is 0 Å². The van der Waals surface area contributed by atoms with Crippen LogP contribution in [0.5, 0.6) is 5.75 Å². The van der Waals surface area contributed by atoms with Gasteiger partial charge < -0.3 is 4.74 Å². The first-order valence-electron chi connectivity index (χ1n) is 8.05. The van der Waals surface area contributed by atoms with E-state index >= 15 is 0 Å². The molecule has 3 aromatic rings.